The number of aliphatic hydroxyl groups is 2. The van der Waals surface area contributed by atoms with Crippen LogP contribution >= 0.6 is 0 Å². The smallest absolute Gasteiger partial charge is 0.190 e. The van der Waals surface area contributed by atoms with Gasteiger partial charge in [0, 0.05) is 24.2 Å². The van der Waals surface area contributed by atoms with Crippen LogP contribution in [0, 0.1) is 28.6 Å². The largest absolute Gasteiger partial charge is 0.388 e. The number of fused-ring (bicyclic) bond motifs is 5. The van der Waals surface area contributed by atoms with Crippen LogP contribution in [0.15, 0.2) is 11.6 Å². The lowest BCUT2D eigenvalue weighted by Gasteiger charge is -2.57. The number of rotatable bonds is 2. The van der Waals surface area contributed by atoms with Crippen molar-refractivity contribution in [2.24, 2.45) is 28.6 Å². The summed E-state index contributed by atoms with van der Waals surface area (Å²) >= 11 is 0. The van der Waals surface area contributed by atoms with Gasteiger partial charge < -0.3 is 10.2 Å². The molecule has 0 aromatic carbocycles. The van der Waals surface area contributed by atoms with E-state index in [4.69, 9.17) is 0 Å². The van der Waals surface area contributed by atoms with Gasteiger partial charge in [-0.15, -0.1) is 0 Å². The van der Waals surface area contributed by atoms with Crippen LogP contribution in [0.4, 0.5) is 0 Å². The molecule has 0 radical (unpaired) electrons. The van der Waals surface area contributed by atoms with Crippen molar-refractivity contribution in [3.63, 3.8) is 0 Å². The van der Waals surface area contributed by atoms with E-state index in [1.54, 1.807) is 6.08 Å². The van der Waals surface area contributed by atoms with Crippen LogP contribution < -0.4 is 0 Å². The van der Waals surface area contributed by atoms with Crippen LogP contribution in [0.25, 0.3) is 0 Å². The van der Waals surface area contributed by atoms with Crippen LogP contribution in [0.2, 0.25) is 0 Å². The van der Waals surface area contributed by atoms with Crippen molar-refractivity contribution >= 4 is 17.3 Å². The Morgan fingerprint density at radius 3 is 2.62 bits per heavy atom. The molecular formula is C21H28O5. The molecule has 4 aliphatic rings. The number of Topliss-reactive ketones (excluding diaryl/α,β-unsaturated/α-hetero) is 2. The molecule has 0 amide bonds. The minimum Gasteiger partial charge on any atom is -0.388 e. The van der Waals surface area contributed by atoms with E-state index < -0.39 is 23.4 Å². The number of hydrogen-bond acceptors (Lipinski definition) is 5. The lowest BCUT2D eigenvalue weighted by Crippen LogP contribution is -2.60. The van der Waals surface area contributed by atoms with Crippen LogP contribution in [0.5, 0.6) is 0 Å². The molecule has 142 valence electrons. The van der Waals surface area contributed by atoms with E-state index in [1.807, 2.05) is 6.92 Å². The van der Waals surface area contributed by atoms with Gasteiger partial charge in [0.1, 0.15) is 18.0 Å². The Kier molecular flexibility index (Phi) is 3.88. The first-order valence-corrected chi connectivity index (χ1v) is 9.80. The molecule has 5 unspecified atom stereocenters. The van der Waals surface area contributed by atoms with Gasteiger partial charge in [-0.1, -0.05) is 19.4 Å². The monoisotopic (exact) mass is 360 g/mol. The minimum absolute atomic E-state index is 0.0988. The highest BCUT2D eigenvalue weighted by Crippen LogP contribution is 2.66. The SMILES string of the molecule is CC12CCC(=O)C=C1CCC1C2C(=O)CC2(C)C1CC[C@]2(O)C(=O)CO. The van der Waals surface area contributed by atoms with E-state index in [0.717, 1.165) is 18.4 Å². The molecule has 4 aliphatic carbocycles. The fraction of sp³-hybridized carbons (Fsp3) is 0.762. The first kappa shape index (κ1) is 18.1. The summed E-state index contributed by atoms with van der Waals surface area (Å²) in [6.45, 7) is 3.31. The summed E-state index contributed by atoms with van der Waals surface area (Å²) in [6.07, 6.45) is 5.83. The summed E-state index contributed by atoms with van der Waals surface area (Å²) in [6, 6.07) is 0. The topological polar surface area (TPSA) is 91.7 Å². The lowest BCUT2D eigenvalue weighted by molar-refractivity contribution is -0.170. The molecule has 0 aromatic heterocycles. The second kappa shape index (κ2) is 5.59. The van der Waals surface area contributed by atoms with Gasteiger partial charge in [0.05, 0.1) is 0 Å². The molecule has 3 fully saturated rings. The van der Waals surface area contributed by atoms with E-state index in [0.29, 0.717) is 25.7 Å². The zero-order valence-corrected chi connectivity index (χ0v) is 15.6. The Morgan fingerprint density at radius 1 is 1.19 bits per heavy atom. The molecule has 5 heteroatoms. The summed E-state index contributed by atoms with van der Waals surface area (Å²) in [5.74, 6) is -0.172. The van der Waals surface area contributed by atoms with Gasteiger partial charge in [0.25, 0.3) is 0 Å². The molecule has 6 atom stereocenters. The maximum atomic E-state index is 13.3. The third-order valence-electron chi connectivity index (χ3n) is 8.41. The van der Waals surface area contributed by atoms with Gasteiger partial charge >= 0.3 is 0 Å². The Balaban J connectivity index is 1.75. The Hall–Kier alpha value is -1.33. The zero-order valence-electron chi connectivity index (χ0n) is 15.6. The average Bonchev–Trinajstić information content (AvgIpc) is 2.86. The van der Waals surface area contributed by atoms with Gasteiger partial charge in [0.15, 0.2) is 11.6 Å². The maximum Gasteiger partial charge on any atom is 0.190 e. The molecule has 0 heterocycles. The zero-order chi connectivity index (χ0) is 18.9. The Morgan fingerprint density at radius 2 is 1.92 bits per heavy atom. The van der Waals surface area contributed by atoms with Crippen LogP contribution in [0.1, 0.15) is 58.8 Å². The summed E-state index contributed by atoms with van der Waals surface area (Å²) in [5.41, 5.74) is -1.55. The molecule has 4 rings (SSSR count). The average molecular weight is 360 g/mol. The molecule has 2 N–H and O–H groups in total. The standard InChI is InChI=1S/C21H28O5/c1-19-7-5-13(23)9-12(19)3-4-14-15-6-8-21(26,17(25)11-22)20(15,2)10-16(24)18(14)19/h9,14-15,18,22,26H,3-8,10-11H2,1-2H3/t14?,15?,18?,19?,20?,21-/m0/s1. The van der Waals surface area contributed by atoms with Crippen molar-refractivity contribution < 1.29 is 24.6 Å². The van der Waals surface area contributed by atoms with Gasteiger partial charge in [0.2, 0.25) is 0 Å². The summed E-state index contributed by atoms with van der Waals surface area (Å²) < 4.78 is 0. The van der Waals surface area contributed by atoms with Crippen LogP contribution in [0.3, 0.4) is 0 Å². The molecule has 0 saturated heterocycles. The van der Waals surface area contributed by atoms with Gasteiger partial charge in [-0.25, -0.2) is 0 Å². The first-order chi connectivity index (χ1) is 12.2. The highest BCUT2D eigenvalue weighted by atomic mass is 16.3. The predicted octanol–water partition coefficient (Wildman–Crippen LogP) is 1.99. The van der Waals surface area contributed by atoms with Crippen molar-refractivity contribution in [2.75, 3.05) is 6.61 Å². The number of allylic oxidation sites excluding steroid dienone is 1. The molecular weight excluding hydrogens is 332 g/mol. The van der Waals surface area contributed by atoms with E-state index in [9.17, 15) is 24.6 Å². The van der Waals surface area contributed by atoms with Gasteiger partial charge in [-0.05, 0) is 55.4 Å². The highest BCUT2D eigenvalue weighted by Gasteiger charge is 2.68. The fourth-order valence-electron chi connectivity index (χ4n) is 6.98. The fourth-order valence-corrected chi connectivity index (χ4v) is 6.98. The molecule has 3 saturated carbocycles. The second-order valence-corrected chi connectivity index (χ2v) is 9.38. The van der Waals surface area contributed by atoms with Gasteiger partial charge in [-0.2, -0.15) is 0 Å². The van der Waals surface area contributed by atoms with E-state index in [-0.39, 0.29) is 41.2 Å². The normalized spacial score (nSPS) is 47.7. The number of hydrogen-bond donors (Lipinski definition) is 2. The van der Waals surface area contributed by atoms with Crippen LogP contribution in [-0.4, -0.2) is 39.8 Å². The first-order valence-electron chi connectivity index (χ1n) is 9.80. The third kappa shape index (κ3) is 2.07. The number of ketones is 3. The van der Waals surface area contributed by atoms with Crippen molar-refractivity contribution in [1.29, 1.82) is 0 Å². The molecule has 26 heavy (non-hydrogen) atoms. The van der Waals surface area contributed by atoms with E-state index in [1.165, 1.54) is 0 Å². The summed E-state index contributed by atoms with van der Waals surface area (Å²) in [4.78, 5) is 37.5. The minimum atomic E-state index is -1.60. The molecule has 0 bridgehead atoms. The number of carbonyl (C=O) groups excluding carboxylic acids is 3. The van der Waals surface area contributed by atoms with Gasteiger partial charge in [-0.3, -0.25) is 14.4 Å². The lowest BCUT2D eigenvalue weighted by atomic mass is 9.46. The summed E-state index contributed by atoms with van der Waals surface area (Å²) in [5, 5.41) is 20.5. The molecule has 0 aromatic rings. The third-order valence-corrected chi connectivity index (χ3v) is 8.41. The van der Waals surface area contributed by atoms with Crippen molar-refractivity contribution in [3.8, 4) is 0 Å². The maximum absolute atomic E-state index is 13.3. The summed E-state index contributed by atoms with van der Waals surface area (Å²) in [7, 11) is 0. The second-order valence-electron chi connectivity index (χ2n) is 9.38. The van der Waals surface area contributed by atoms with Crippen molar-refractivity contribution in [3.05, 3.63) is 11.6 Å². The van der Waals surface area contributed by atoms with Crippen molar-refractivity contribution in [2.45, 2.75) is 64.4 Å². The van der Waals surface area contributed by atoms with E-state index in [2.05, 4.69) is 6.92 Å². The highest BCUT2D eigenvalue weighted by molar-refractivity contribution is 5.94. The number of aliphatic hydroxyl groups excluding tert-OH is 1. The quantitative estimate of drug-likeness (QED) is 0.786. The van der Waals surface area contributed by atoms with Crippen LogP contribution in [-0.2, 0) is 14.4 Å². The Bertz CT molecular complexity index is 724. The Labute approximate surface area is 153 Å². The van der Waals surface area contributed by atoms with E-state index >= 15 is 0 Å². The van der Waals surface area contributed by atoms with Crippen molar-refractivity contribution in [1.82, 2.24) is 0 Å². The molecule has 0 aliphatic heterocycles. The molecule has 0 spiro atoms. The number of carbonyl (C=O) groups is 3. The molecule has 5 nitrogen and oxygen atoms in total. The predicted molar refractivity (Wildman–Crippen MR) is 94.1 cm³/mol.